The molecule has 0 saturated heterocycles. The lowest BCUT2D eigenvalue weighted by Crippen LogP contribution is -2.34. The van der Waals surface area contributed by atoms with Gasteiger partial charge in [0.1, 0.15) is 0 Å². The van der Waals surface area contributed by atoms with E-state index in [1.165, 1.54) is 6.42 Å². The predicted octanol–water partition coefficient (Wildman–Crippen LogP) is 2.24. The first-order chi connectivity index (χ1) is 5.65. The molecule has 0 spiro atoms. The van der Waals surface area contributed by atoms with Gasteiger partial charge in [0.05, 0.1) is 6.67 Å². The highest BCUT2D eigenvalue weighted by Gasteiger charge is 2.17. The third-order valence-corrected chi connectivity index (χ3v) is 2.60. The molecule has 0 amide bonds. The van der Waals surface area contributed by atoms with Gasteiger partial charge in [-0.2, -0.15) is 0 Å². The number of nitrogens with zero attached hydrogens (tertiary/aromatic N) is 2. The summed E-state index contributed by atoms with van der Waals surface area (Å²) in [6.45, 7) is 10.0. The Bertz CT molecular complexity index is 163. The fraction of sp³-hybridized carbons (Fsp3) is 0.800. The Morgan fingerprint density at radius 1 is 1.17 bits per heavy atom. The van der Waals surface area contributed by atoms with Gasteiger partial charge in [0.15, 0.2) is 0 Å². The lowest BCUT2D eigenvalue weighted by atomic mass is 10.2. The standard InChI is InChI=1S/C10H20N2/c1-5-10(4)12-7-6-11(8-12)9(2)3/h6-7,9-10H,5,8H2,1-4H3. The monoisotopic (exact) mass is 168 g/mol. The van der Waals surface area contributed by atoms with Crippen molar-refractivity contribution in [2.75, 3.05) is 6.67 Å². The van der Waals surface area contributed by atoms with Crippen molar-refractivity contribution in [3.63, 3.8) is 0 Å². The average molecular weight is 168 g/mol. The van der Waals surface area contributed by atoms with Crippen molar-refractivity contribution < 1.29 is 0 Å². The number of rotatable bonds is 3. The Kier molecular flexibility index (Phi) is 3.01. The largest absolute Gasteiger partial charge is 0.356 e. The molecule has 0 radical (unpaired) electrons. The maximum absolute atomic E-state index is 2.39. The van der Waals surface area contributed by atoms with Crippen LogP contribution >= 0.6 is 0 Å². The van der Waals surface area contributed by atoms with Crippen LogP contribution in [0.4, 0.5) is 0 Å². The van der Waals surface area contributed by atoms with E-state index in [4.69, 9.17) is 0 Å². The van der Waals surface area contributed by atoms with E-state index < -0.39 is 0 Å². The molecule has 0 aromatic carbocycles. The van der Waals surface area contributed by atoms with E-state index >= 15 is 0 Å². The van der Waals surface area contributed by atoms with E-state index in [1.807, 2.05) is 0 Å². The zero-order chi connectivity index (χ0) is 9.14. The molecule has 0 aliphatic carbocycles. The summed E-state index contributed by atoms with van der Waals surface area (Å²) in [4.78, 5) is 4.74. The molecule has 0 N–H and O–H groups in total. The van der Waals surface area contributed by atoms with Gasteiger partial charge in [0.25, 0.3) is 0 Å². The fourth-order valence-electron chi connectivity index (χ4n) is 1.31. The lowest BCUT2D eigenvalue weighted by molar-refractivity contribution is 0.194. The first-order valence-electron chi connectivity index (χ1n) is 4.85. The van der Waals surface area contributed by atoms with Gasteiger partial charge < -0.3 is 9.80 Å². The molecule has 0 fully saturated rings. The minimum Gasteiger partial charge on any atom is -0.356 e. The summed E-state index contributed by atoms with van der Waals surface area (Å²) in [5, 5.41) is 0. The van der Waals surface area contributed by atoms with Crippen molar-refractivity contribution >= 4 is 0 Å². The maximum atomic E-state index is 2.39. The Labute approximate surface area is 75.8 Å². The average Bonchev–Trinajstić information content (AvgIpc) is 2.51. The van der Waals surface area contributed by atoms with Crippen molar-refractivity contribution in [2.45, 2.75) is 46.2 Å². The SMILES string of the molecule is CCC(C)N1C=CN(C(C)C)C1. The van der Waals surface area contributed by atoms with Crippen LogP contribution in [-0.2, 0) is 0 Å². The van der Waals surface area contributed by atoms with Crippen LogP contribution in [0.1, 0.15) is 34.1 Å². The normalized spacial score (nSPS) is 19.4. The molecule has 1 heterocycles. The van der Waals surface area contributed by atoms with Crippen LogP contribution in [0.5, 0.6) is 0 Å². The predicted molar refractivity (Wildman–Crippen MR) is 52.6 cm³/mol. The van der Waals surface area contributed by atoms with Gasteiger partial charge >= 0.3 is 0 Å². The van der Waals surface area contributed by atoms with Gasteiger partial charge in [-0.1, -0.05) is 6.92 Å². The third kappa shape index (κ3) is 1.93. The first kappa shape index (κ1) is 9.43. The molecule has 2 heteroatoms. The molecule has 1 unspecified atom stereocenters. The zero-order valence-corrected chi connectivity index (χ0v) is 8.62. The Morgan fingerprint density at radius 3 is 2.17 bits per heavy atom. The molecular formula is C10H20N2. The van der Waals surface area contributed by atoms with Crippen LogP contribution < -0.4 is 0 Å². The topological polar surface area (TPSA) is 6.48 Å². The quantitative estimate of drug-likeness (QED) is 0.637. The molecule has 1 aliphatic heterocycles. The fourth-order valence-corrected chi connectivity index (χ4v) is 1.31. The number of hydrogen-bond donors (Lipinski definition) is 0. The van der Waals surface area contributed by atoms with Crippen molar-refractivity contribution in [1.82, 2.24) is 9.80 Å². The van der Waals surface area contributed by atoms with Crippen molar-refractivity contribution in [2.24, 2.45) is 0 Å². The van der Waals surface area contributed by atoms with E-state index in [2.05, 4.69) is 49.9 Å². The summed E-state index contributed by atoms with van der Waals surface area (Å²) in [6.07, 6.45) is 5.61. The van der Waals surface area contributed by atoms with Gasteiger partial charge in [0.2, 0.25) is 0 Å². The van der Waals surface area contributed by atoms with Crippen molar-refractivity contribution in [3.05, 3.63) is 12.4 Å². The highest BCUT2D eigenvalue weighted by atomic mass is 15.4. The van der Waals surface area contributed by atoms with Gasteiger partial charge in [0, 0.05) is 24.5 Å². The minimum absolute atomic E-state index is 0.621. The van der Waals surface area contributed by atoms with E-state index in [0.717, 1.165) is 6.67 Å². The molecule has 0 aromatic heterocycles. The molecular weight excluding hydrogens is 148 g/mol. The van der Waals surface area contributed by atoms with Crippen LogP contribution in [0.25, 0.3) is 0 Å². The van der Waals surface area contributed by atoms with E-state index in [-0.39, 0.29) is 0 Å². The summed E-state index contributed by atoms with van der Waals surface area (Å²) in [7, 11) is 0. The van der Waals surface area contributed by atoms with Crippen LogP contribution in [-0.4, -0.2) is 28.6 Å². The van der Waals surface area contributed by atoms with Gasteiger partial charge in [-0.05, 0) is 27.2 Å². The molecule has 70 valence electrons. The first-order valence-corrected chi connectivity index (χ1v) is 4.85. The van der Waals surface area contributed by atoms with Crippen molar-refractivity contribution in [1.29, 1.82) is 0 Å². The zero-order valence-electron chi connectivity index (χ0n) is 8.62. The second kappa shape index (κ2) is 3.83. The van der Waals surface area contributed by atoms with Crippen LogP contribution in [0.3, 0.4) is 0 Å². The molecule has 0 bridgehead atoms. The molecule has 0 aromatic rings. The van der Waals surface area contributed by atoms with Crippen LogP contribution in [0.2, 0.25) is 0 Å². The van der Waals surface area contributed by atoms with Crippen LogP contribution in [0, 0.1) is 0 Å². The second-order valence-corrected chi connectivity index (χ2v) is 3.82. The molecule has 2 nitrogen and oxygen atoms in total. The van der Waals surface area contributed by atoms with Gasteiger partial charge in [-0.25, -0.2) is 0 Å². The highest BCUT2D eigenvalue weighted by molar-refractivity contribution is 4.93. The summed E-state index contributed by atoms with van der Waals surface area (Å²) in [5.74, 6) is 0. The minimum atomic E-state index is 0.621. The summed E-state index contributed by atoms with van der Waals surface area (Å²) in [5.41, 5.74) is 0. The molecule has 1 rings (SSSR count). The summed E-state index contributed by atoms with van der Waals surface area (Å²) in [6, 6.07) is 1.29. The van der Waals surface area contributed by atoms with E-state index in [9.17, 15) is 0 Å². The molecule has 0 saturated carbocycles. The maximum Gasteiger partial charge on any atom is 0.0899 e. The van der Waals surface area contributed by atoms with Gasteiger partial charge in [-0.15, -0.1) is 0 Å². The highest BCUT2D eigenvalue weighted by Crippen LogP contribution is 2.14. The molecule has 1 atom stereocenters. The number of hydrogen-bond acceptors (Lipinski definition) is 2. The Hall–Kier alpha value is -0.660. The smallest absolute Gasteiger partial charge is 0.0899 e. The Balaban J connectivity index is 2.42. The lowest BCUT2D eigenvalue weighted by Gasteiger charge is -2.28. The second-order valence-electron chi connectivity index (χ2n) is 3.82. The van der Waals surface area contributed by atoms with E-state index in [1.54, 1.807) is 0 Å². The third-order valence-electron chi connectivity index (χ3n) is 2.60. The van der Waals surface area contributed by atoms with Crippen molar-refractivity contribution in [3.8, 4) is 0 Å². The Morgan fingerprint density at radius 2 is 1.75 bits per heavy atom. The van der Waals surface area contributed by atoms with E-state index in [0.29, 0.717) is 12.1 Å². The molecule has 1 aliphatic rings. The van der Waals surface area contributed by atoms with Gasteiger partial charge in [-0.3, -0.25) is 0 Å². The summed E-state index contributed by atoms with van der Waals surface area (Å²) < 4.78 is 0. The van der Waals surface area contributed by atoms with Crippen LogP contribution in [0.15, 0.2) is 12.4 Å². The summed E-state index contributed by atoms with van der Waals surface area (Å²) >= 11 is 0. The molecule has 12 heavy (non-hydrogen) atoms.